The van der Waals surface area contributed by atoms with Crippen molar-refractivity contribution in [1.29, 1.82) is 0 Å². The Morgan fingerprint density at radius 2 is 2.06 bits per heavy atom. The minimum Gasteiger partial charge on any atom is -0.282 e. The number of rotatable bonds is 2. The summed E-state index contributed by atoms with van der Waals surface area (Å²) < 4.78 is 0. The molecule has 1 aliphatic rings. The summed E-state index contributed by atoms with van der Waals surface area (Å²) in [6, 6.07) is 8.06. The highest BCUT2D eigenvalue weighted by Gasteiger charge is 2.15. The summed E-state index contributed by atoms with van der Waals surface area (Å²) in [6.45, 7) is 0. The van der Waals surface area contributed by atoms with Gasteiger partial charge in [0.2, 0.25) is 0 Å². The van der Waals surface area contributed by atoms with Crippen molar-refractivity contribution >= 4 is 11.6 Å². The summed E-state index contributed by atoms with van der Waals surface area (Å²) in [6.07, 6.45) is 7.10. The molecule has 94 valence electrons. The van der Waals surface area contributed by atoms with Crippen molar-refractivity contribution in [2.45, 2.75) is 38.5 Å². The highest BCUT2D eigenvalue weighted by molar-refractivity contribution is 6.30. The lowest BCUT2D eigenvalue weighted by Crippen LogP contribution is -1.95. The molecule has 2 aromatic rings. The standard InChI is InChI=1S/C15H17ClN2/c16-12-6-4-5-11(9-12)10-15-13-7-2-1-3-8-14(13)17-18-15/h4-6,9H,1-3,7-8,10H2,(H,17,18). The Labute approximate surface area is 112 Å². The van der Waals surface area contributed by atoms with Crippen LogP contribution in [-0.4, -0.2) is 10.2 Å². The third-order valence-corrected chi connectivity index (χ3v) is 3.89. The summed E-state index contributed by atoms with van der Waals surface area (Å²) in [5.74, 6) is 0. The Bertz CT molecular complexity index is 545. The van der Waals surface area contributed by atoms with E-state index in [0.29, 0.717) is 0 Å². The first kappa shape index (κ1) is 11.8. The van der Waals surface area contributed by atoms with Gasteiger partial charge in [0.1, 0.15) is 0 Å². The molecule has 0 spiro atoms. The quantitative estimate of drug-likeness (QED) is 0.815. The Morgan fingerprint density at radius 1 is 1.17 bits per heavy atom. The zero-order valence-electron chi connectivity index (χ0n) is 10.4. The number of hydrogen-bond donors (Lipinski definition) is 1. The summed E-state index contributed by atoms with van der Waals surface area (Å²) in [7, 11) is 0. The smallest absolute Gasteiger partial charge is 0.0700 e. The Balaban J connectivity index is 1.87. The van der Waals surface area contributed by atoms with Crippen molar-refractivity contribution in [3.05, 3.63) is 51.8 Å². The zero-order chi connectivity index (χ0) is 12.4. The van der Waals surface area contributed by atoms with Crippen LogP contribution in [0.1, 0.15) is 41.8 Å². The van der Waals surface area contributed by atoms with Gasteiger partial charge in [-0.2, -0.15) is 5.10 Å². The van der Waals surface area contributed by atoms with E-state index in [-0.39, 0.29) is 0 Å². The molecular weight excluding hydrogens is 244 g/mol. The Kier molecular flexibility index (Phi) is 3.37. The fourth-order valence-corrected chi connectivity index (χ4v) is 2.93. The van der Waals surface area contributed by atoms with Crippen molar-refractivity contribution in [1.82, 2.24) is 10.2 Å². The lowest BCUT2D eigenvalue weighted by atomic mass is 10.0. The molecule has 0 radical (unpaired) electrons. The van der Waals surface area contributed by atoms with Gasteiger partial charge >= 0.3 is 0 Å². The van der Waals surface area contributed by atoms with Gasteiger partial charge in [0.25, 0.3) is 0 Å². The van der Waals surface area contributed by atoms with Gasteiger partial charge in [0.05, 0.1) is 5.69 Å². The Hall–Kier alpha value is -1.28. The third-order valence-electron chi connectivity index (χ3n) is 3.65. The van der Waals surface area contributed by atoms with E-state index >= 15 is 0 Å². The molecule has 18 heavy (non-hydrogen) atoms. The predicted molar refractivity (Wildman–Crippen MR) is 74.1 cm³/mol. The summed E-state index contributed by atoms with van der Waals surface area (Å²) in [5.41, 5.74) is 5.24. The molecule has 1 aromatic heterocycles. The van der Waals surface area contributed by atoms with E-state index in [9.17, 15) is 0 Å². The molecule has 0 fully saturated rings. The molecule has 3 heteroatoms. The number of halogens is 1. The molecule has 0 unspecified atom stereocenters. The summed E-state index contributed by atoms with van der Waals surface area (Å²) in [4.78, 5) is 0. The molecule has 0 saturated carbocycles. The number of aryl methyl sites for hydroxylation is 1. The van der Waals surface area contributed by atoms with Crippen molar-refractivity contribution in [2.24, 2.45) is 0 Å². The van der Waals surface area contributed by atoms with E-state index in [4.69, 9.17) is 11.6 Å². The molecular formula is C15H17ClN2. The number of H-pyrrole nitrogens is 1. The van der Waals surface area contributed by atoms with Crippen molar-refractivity contribution < 1.29 is 0 Å². The molecule has 0 saturated heterocycles. The minimum atomic E-state index is 0.800. The number of nitrogens with zero attached hydrogens (tertiary/aromatic N) is 1. The molecule has 1 aromatic carbocycles. The predicted octanol–water partition coefficient (Wildman–Crippen LogP) is 3.92. The normalized spacial score (nSPS) is 15.2. The van der Waals surface area contributed by atoms with Crippen molar-refractivity contribution in [2.75, 3.05) is 0 Å². The van der Waals surface area contributed by atoms with Gasteiger partial charge in [0.15, 0.2) is 0 Å². The van der Waals surface area contributed by atoms with Crippen LogP contribution in [-0.2, 0) is 19.3 Å². The van der Waals surface area contributed by atoms with E-state index in [0.717, 1.165) is 17.9 Å². The number of fused-ring (bicyclic) bond motifs is 1. The first-order valence-electron chi connectivity index (χ1n) is 6.62. The van der Waals surface area contributed by atoms with Crippen molar-refractivity contribution in [3.8, 4) is 0 Å². The maximum absolute atomic E-state index is 6.03. The summed E-state index contributed by atoms with van der Waals surface area (Å²) in [5, 5.41) is 8.51. The van der Waals surface area contributed by atoms with Gasteiger partial charge in [-0.05, 0) is 48.9 Å². The number of aromatic nitrogens is 2. The first-order valence-corrected chi connectivity index (χ1v) is 7.00. The van der Waals surface area contributed by atoms with Crippen molar-refractivity contribution in [3.63, 3.8) is 0 Å². The molecule has 0 amide bonds. The fourth-order valence-electron chi connectivity index (χ4n) is 2.71. The second-order valence-corrected chi connectivity index (χ2v) is 5.43. The van der Waals surface area contributed by atoms with Crippen LogP contribution >= 0.6 is 11.6 Å². The SMILES string of the molecule is Clc1cccc(Cc2n[nH]c3c2CCCCC3)c1. The number of benzene rings is 1. The molecule has 0 bridgehead atoms. The summed E-state index contributed by atoms with van der Waals surface area (Å²) >= 11 is 6.03. The number of aromatic amines is 1. The second-order valence-electron chi connectivity index (χ2n) is 4.99. The van der Waals surface area contributed by atoms with Gasteiger partial charge in [0, 0.05) is 17.1 Å². The maximum Gasteiger partial charge on any atom is 0.0700 e. The van der Waals surface area contributed by atoms with Crippen LogP contribution in [0.25, 0.3) is 0 Å². The van der Waals surface area contributed by atoms with E-state index in [1.165, 1.54) is 48.2 Å². The van der Waals surface area contributed by atoms with Gasteiger partial charge in [-0.1, -0.05) is 30.2 Å². The monoisotopic (exact) mass is 260 g/mol. The van der Waals surface area contributed by atoms with Crippen LogP contribution in [0, 0.1) is 0 Å². The molecule has 0 aliphatic heterocycles. The first-order chi connectivity index (χ1) is 8.83. The average Bonchev–Trinajstić information content (AvgIpc) is 2.60. The van der Waals surface area contributed by atoms with E-state index in [1.807, 2.05) is 18.2 Å². The molecule has 1 N–H and O–H groups in total. The fraction of sp³-hybridized carbons (Fsp3) is 0.400. The highest BCUT2D eigenvalue weighted by atomic mass is 35.5. The second kappa shape index (κ2) is 5.15. The van der Waals surface area contributed by atoms with Crippen LogP contribution in [0.2, 0.25) is 5.02 Å². The molecule has 1 aliphatic carbocycles. The van der Waals surface area contributed by atoms with E-state index in [2.05, 4.69) is 16.3 Å². The minimum absolute atomic E-state index is 0.800. The molecule has 2 nitrogen and oxygen atoms in total. The molecule has 3 rings (SSSR count). The molecule has 0 atom stereocenters. The van der Waals surface area contributed by atoms with Crippen LogP contribution in [0.4, 0.5) is 0 Å². The average molecular weight is 261 g/mol. The van der Waals surface area contributed by atoms with Gasteiger partial charge in [-0.25, -0.2) is 0 Å². The Morgan fingerprint density at radius 3 is 2.94 bits per heavy atom. The van der Waals surface area contributed by atoms with Gasteiger partial charge in [-0.3, -0.25) is 5.10 Å². The lowest BCUT2D eigenvalue weighted by Gasteiger charge is -2.03. The number of hydrogen-bond acceptors (Lipinski definition) is 1. The zero-order valence-corrected chi connectivity index (χ0v) is 11.1. The van der Waals surface area contributed by atoms with Crippen LogP contribution in [0.3, 0.4) is 0 Å². The van der Waals surface area contributed by atoms with E-state index in [1.54, 1.807) is 0 Å². The lowest BCUT2D eigenvalue weighted by molar-refractivity contribution is 0.699. The van der Waals surface area contributed by atoms with E-state index < -0.39 is 0 Å². The number of nitrogens with one attached hydrogen (secondary N) is 1. The largest absolute Gasteiger partial charge is 0.282 e. The topological polar surface area (TPSA) is 28.7 Å². The van der Waals surface area contributed by atoms with Gasteiger partial charge in [-0.15, -0.1) is 0 Å². The van der Waals surface area contributed by atoms with Gasteiger partial charge < -0.3 is 0 Å². The van der Waals surface area contributed by atoms with Crippen LogP contribution < -0.4 is 0 Å². The highest BCUT2D eigenvalue weighted by Crippen LogP contribution is 2.24. The van der Waals surface area contributed by atoms with Crippen LogP contribution in [0.5, 0.6) is 0 Å². The maximum atomic E-state index is 6.03. The third kappa shape index (κ3) is 2.44. The molecule has 1 heterocycles. The van der Waals surface area contributed by atoms with Crippen LogP contribution in [0.15, 0.2) is 24.3 Å².